The highest BCUT2D eigenvalue weighted by molar-refractivity contribution is 5.95. The van der Waals surface area contributed by atoms with Gasteiger partial charge in [-0.25, -0.2) is 4.39 Å². The summed E-state index contributed by atoms with van der Waals surface area (Å²) in [7, 11) is 0. The SMILES string of the molecule is O=C1CCN(C(=O)c2ccc(-c3ccccc3F)cc2)CCN1CCOc1ccccc1. The van der Waals surface area contributed by atoms with E-state index in [1.165, 1.54) is 6.07 Å². The Morgan fingerprint density at radius 3 is 2.34 bits per heavy atom. The summed E-state index contributed by atoms with van der Waals surface area (Å²) in [5.74, 6) is 0.367. The lowest BCUT2D eigenvalue weighted by Gasteiger charge is -2.22. The van der Waals surface area contributed by atoms with Crippen molar-refractivity contribution in [3.05, 3.63) is 90.2 Å². The smallest absolute Gasteiger partial charge is 0.253 e. The summed E-state index contributed by atoms with van der Waals surface area (Å²) in [6.07, 6.45) is 0.282. The number of carbonyl (C=O) groups is 2. The normalized spacial score (nSPS) is 14.2. The van der Waals surface area contributed by atoms with Crippen molar-refractivity contribution in [1.29, 1.82) is 0 Å². The van der Waals surface area contributed by atoms with Crippen LogP contribution < -0.4 is 4.74 Å². The van der Waals surface area contributed by atoms with Crippen LogP contribution in [0.4, 0.5) is 4.39 Å². The molecule has 0 atom stereocenters. The van der Waals surface area contributed by atoms with Gasteiger partial charge in [0.05, 0.1) is 6.54 Å². The number of para-hydroxylation sites is 1. The maximum Gasteiger partial charge on any atom is 0.253 e. The lowest BCUT2D eigenvalue weighted by Crippen LogP contribution is -2.37. The molecule has 4 rings (SSSR count). The van der Waals surface area contributed by atoms with Gasteiger partial charge < -0.3 is 14.5 Å². The van der Waals surface area contributed by atoms with Crippen LogP contribution in [0, 0.1) is 5.82 Å². The van der Waals surface area contributed by atoms with Gasteiger partial charge in [-0.2, -0.15) is 0 Å². The number of rotatable bonds is 6. The van der Waals surface area contributed by atoms with Crippen molar-refractivity contribution in [2.24, 2.45) is 0 Å². The first-order valence-electron chi connectivity index (χ1n) is 10.7. The highest BCUT2D eigenvalue weighted by Gasteiger charge is 2.24. The molecule has 0 N–H and O–H groups in total. The molecule has 0 aliphatic carbocycles. The maximum absolute atomic E-state index is 14.0. The Morgan fingerprint density at radius 2 is 1.59 bits per heavy atom. The molecule has 1 fully saturated rings. The third-order valence-corrected chi connectivity index (χ3v) is 5.57. The summed E-state index contributed by atoms with van der Waals surface area (Å²) in [5.41, 5.74) is 1.74. The average Bonchev–Trinajstić information content (AvgIpc) is 3.01. The van der Waals surface area contributed by atoms with Crippen LogP contribution in [-0.2, 0) is 4.79 Å². The van der Waals surface area contributed by atoms with E-state index in [0.29, 0.717) is 43.9 Å². The first-order chi connectivity index (χ1) is 15.6. The van der Waals surface area contributed by atoms with E-state index in [0.717, 1.165) is 11.3 Å². The van der Waals surface area contributed by atoms with Gasteiger partial charge in [0.25, 0.3) is 5.91 Å². The molecule has 0 spiro atoms. The van der Waals surface area contributed by atoms with Crippen molar-refractivity contribution in [2.75, 3.05) is 32.8 Å². The van der Waals surface area contributed by atoms with E-state index in [1.807, 2.05) is 30.3 Å². The fraction of sp³-hybridized carbons (Fsp3) is 0.231. The maximum atomic E-state index is 14.0. The lowest BCUT2D eigenvalue weighted by molar-refractivity contribution is -0.130. The first-order valence-corrected chi connectivity index (χ1v) is 10.7. The molecule has 3 aromatic rings. The van der Waals surface area contributed by atoms with Gasteiger partial charge in [0.1, 0.15) is 18.2 Å². The molecule has 6 heteroatoms. The van der Waals surface area contributed by atoms with Crippen molar-refractivity contribution in [2.45, 2.75) is 6.42 Å². The summed E-state index contributed by atoms with van der Waals surface area (Å²) >= 11 is 0. The molecule has 1 heterocycles. The molecule has 164 valence electrons. The Labute approximate surface area is 187 Å². The fourth-order valence-electron chi connectivity index (χ4n) is 3.77. The topological polar surface area (TPSA) is 49.9 Å². The van der Waals surface area contributed by atoms with Gasteiger partial charge in [0.2, 0.25) is 5.91 Å². The number of nitrogens with zero attached hydrogens (tertiary/aromatic N) is 2. The Balaban J connectivity index is 1.34. The third-order valence-electron chi connectivity index (χ3n) is 5.57. The summed E-state index contributed by atoms with van der Waals surface area (Å²) in [6, 6.07) is 23.0. The molecule has 1 aliphatic rings. The van der Waals surface area contributed by atoms with Crippen molar-refractivity contribution >= 4 is 11.8 Å². The van der Waals surface area contributed by atoms with E-state index in [2.05, 4.69) is 0 Å². The summed E-state index contributed by atoms with van der Waals surface area (Å²) in [4.78, 5) is 28.9. The van der Waals surface area contributed by atoms with Gasteiger partial charge >= 0.3 is 0 Å². The quantitative estimate of drug-likeness (QED) is 0.585. The second kappa shape index (κ2) is 10.1. The van der Waals surface area contributed by atoms with Crippen LogP contribution in [0.25, 0.3) is 11.1 Å². The van der Waals surface area contributed by atoms with E-state index in [1.54, 1.807) is 52.3 Å². The van der Waals surface area contributed by atoms with Crippen LogP contribution in [-0.4, -0.2) is 54.4 Å². The zero-order chi connectivity index (χ0) is 22.3. The largest absolute Gasteiger partial charge is 0.492 e. The predicted octanol–water partition coefficient (Wildman–Crippen LogP) is 4.25. The zero-order valence-electron chi connectivity index (χ0n) is 17.7. The zero-order valence-corrected chi connectivity index (χ0v) is 17.7. The standard InChI is InChI=1S/C26H25FN2O3/c27-24-9-5-4-8-23(24)20-10-12-21(13-11-20)26(31)29-15-14-25(30)28(16-17-29)18-19-32-22-6-2-1-3-7-22/h1-13H,14-19H2. The van der Waals surface area contributed by atoms with Crippen molar-refractivity contribution in [1.82, 2.24) is 9.80 Å². The van der Waals surface area contributed by atoms with Crippen LogP contribution in [0.2, 0.25) is 0 Å². The fourth-order valence-corrected chi connectivity index (χ4v) is 3.77. The minimum absolute atomic E-state index is 0.0202. The minimum atomic E-state index is -0.297. The number of hydrogen-bond acceptors (Lipinski definition) is 3. The van der Waals surface area contributed by atoms with E-state index in [-0.39, 0.29) is 24.1 Å². The predicted molar refractivity (Wildman–Crippen MR) is 121 cm³/mol. The second-order valence-electron chi connectivity index (χ2n) is 7.64. The highest BCUT2D eigenvalue weighted by Crippen LogP contribution is 2.23. The minimum Gasteiger partial charge on any atom is -0.492 e. The molecule has 32 heavy (non-hydrogen) atoms. The average molecular weight is 432 g/mol. The van der Waals surface area contributed by atoms with E-state index in [9.17, 15) is 14.0 Å². The van der Waals surface area contributed by atoms with E-state index in [4.69, 9.17) is 4.74 Å². The molecule has 3 aromatic carbocycles. The number of amides is 2. The molecule has 1 saturated heterocycles. The molecular formula is C26H25FN2O3. The molecule has 5 nitrogen and oxygen atoms in total. The number of halogens is 1. The van der Waals surface area contributed by atoms with Crippen LogP contribution in [0.5, 0.6) is 5.75 Å². The van der Waals surface area contributed by atoms with Crippen LogP contribution >= 0.6 is 0 Å². The van der Waals surface area contributed by atoms with Crippen LogP contribution in [0.3, 0.4) is 0 Å². The molecule has 1 aliphatic heterocycles. The van der Waals surface area contributed by atoms with E-state index < -0.39 is 0 Å². The molecule has 0 aromatic heterocycles. The van der Waals surface area contributed by atoms with Gasteiger partial charge in [-0.15, -0.1) is 0 Å². The Kier molecular flexibility index (Phi) is 6.80. The molecule has 2 amide bonds. The molecule has 0 bridgehead atoms. The van der Waals surface area contributed by atoms with Gasteiger partial charge in [-0.3, -0.25) is 9.59 Å². The van der Waals surface area contributed by atoms with Crippen molar-refractivity contribution in [3.8, 4) is 16.9 Å². The summed E-state index contributed by atoms with van der Waals surface area (Å²) < 4.78 is 19.7. The van der Waals surface area contributed by atoms with Crippen molar-refractivity contribution in [3.63, 3.8) is 0 Å². The van der Waals surface area contributed by atoms with Gasteiger partial charge in [-0.1, -0.05) is 48.5 Å². The van der Waals surface area contributed by atoms with Gasteiger partial charge in [0.15, 0.2) is 0 Å². The van der Waals surface area contributed by atoms with Gasteiger partial charge in [0, 0.05) is 37.2 Å². The Hall–Kier alpha value is -3.67. The third kappa shape index (κ3) is 5.14. The van der Waals surface area contributed by atoms with Crippen LogP contribution in [0.1, 0.15) is 16.8 Å². The Bertz CT molecular complexity index is 1070. The highest BCUT2D eigenvalue weighted by atomic mass is 19.1. The molecule has 0 saturated carbocycles. The summed E-state index contributed by atoms with van der Waals surface area (Å²) in [6.45, 7) is 2.19. The number of benzene rings is 3. The number of ether oxygens (including phenoxy) is 1. The van der Waals surface area contributed by atoms with Crippen molar-refractivity contribution < 1.29 is 18.7 Å². The molecule has 0 unspecified atom stereocenters. The second-order valence-corrected chi connectivity index (χ2v) is 7.64. The molecule has 0 radical (unpaired) electrons. The first kappa shape index (κ1) is 21.6. The number of carbonyl (C=O) groups excluding carboxylic acids is 2. The Morgan fingerprint density at radius 1 is 0.875 bits per heavy atom. The number of hydrogen-bond donors (Lipinski definition) is 0. The van der Waals surface area contributed by atoms with Crippen LogP contribution in [0.15, 0.2) is 78.9 Å². The summed E-state index contributed by atoms with van der Waals surface area (Å²) in [5, 5.41) is 0. The van der Waals surface area contributed by atoms with Gasteiger partial charge in [-0.05, 0) is 35.9 Å². The molecular weight excluding hydrogens is 407 g/mol. The van der Waals surface area contributed by atoms with E-state index >= 15 is 0 Å². The monoisotopic (exact) mass is 432 g/mol. The lowest BCUT2D eigenvalue weighted by atomic mass is 10.0.